The van der Waals surface area contributed by atoms with Gasteiger partial charge < -0.3 is 15.7 Å². The SMILES string of the molecule is C.Cc1cc2c[nH][n+](C(C)C)c2cc1Nc1ncc(C(=O)N[C@H](C)CO)c(N=C2c3ccccc3CN2O)n1. The average molecular weight is 532 g/mol. The maximum atomic E-state index is 13.0. The van der Waals surface area contributed by atoms with Crippen molar-refractivity contribution in [3.8, 4) is 0 Å². The second kappa shape index (κ2) is 11.2. The molecule has 2 aromatic carbocycles. The van der Waals surface area contributed by atoms with Gasteiger partial charge in [0.15, 0.2) is 17.7 Å². The fourth-order valence-electron chi connectivity index (χ4n) is 4.43. The van der Waals surface area contributed by atoms with Gasteiger partial charge in [-0.25, -0.2) is 15.0 Å². The van der Waals surface area contributed by atoms with Gasteiger partial charge >= 0.3 is 0 Å². The number of aliphatic imine (C=N–C) groups is 1. The maximum Gasteiger partial charge on any atom is 0.256 e. The van der Waals surface area contributed by atoms with Crippen LogP contribution in [0.15, 0.2) is 53.8 Å². The van der Waals surface area contributed by atoms with E-state index in [1.807, 2.05) is 43.5 Å². The van der Waals surface area contributed by atoms with E-state index in [-0.39, 0.29) is 49.8 Å². The summed E-state index contributed by atoms with van der Waals surface area (Å²) in [5, 5.41) is 31.4. The Kier molecular flexibility index (Phi) is 7.93. The van der Waals surface area contributed by atoms with Crippen LogP contribution in [0, 0.1) is 6.92 Å². The third-order valence-corrected chi connectivity index (χ3v) is 6.45. The number of H-pyrrole nitrogens is 1. The quantitative estimate of drug-likeness (QED) is 0.228. The normalized spacial score (nSPS) is 14.4. The van der Waals surface area contributed by atoms with E-state index in [9.17, 15) is 15.1 Å². The van der Waals surface area contributed by atoms with Crippen LogP contribution in [0.25, 0.3) is 10.9 Å². The van der Waals surface area contributed by atoms with Crippen molar-refractivity contribution >= 4 is 40.1 Å². The fraction of sp³-hybridized carbons (Fsp3) is 0.321. The van der Waals surface area contributed by atoms with Gasteiger partial charge in [0, 0.05) is 23.9 Å². The molecule has 5 N–H and O–H groups in total. The summed E-state index contributed by atoms with van der Waals surface area (Å²) in [6.07, 6.45) is 3.37. The number of hydrogen-bond acceptors (Lipinski definition) is 7. The highest BCUT2D eigenvalue weighted by atomic mass is 16.5. The highest BCUT2D eigenvalue weighted by molar-refractivity contribution is 6.05. The van der Waals surface area contributed by atoms with E-state index >= 15 is 0 Å². The van der Waals surface area contributed by atoms with Crippen molar-refractivity contribution in [2.24, 2.45) is 4.99 Å². The zero-order valence-corrected chi connectivity index (χ0v) is 21.7. The Morgan fingerprint density at radius 1 is 1.26 bits per heavy atom. The van der Waals surface area contributed by atoms with Gasteiger partial charge in [-0.3, -0.25) is 10.0 Å². The number of hydroxylamine groups is 2. The molecule has 0 unspecified atom stereocenters. The first kappa shape index (κ1) is 27.7. The molecule has 11 nitrogen and oxygen atoms in total. The zero-order valence-electron chi connectivity index (χ0n) is 21.7. The molecule has 0 spiro atoms. The van der Waals surface area contributed by atoms with E-state index in [0.717, 1.165) is 38.3 Å². The number of anilines is 2. The third-order valence-electron chi connectivity index (χ3n) is 6.45. The van der Waals surface area contributed by atoms with Gasteiger partial charge in [0.05, 0.1) is 30.4 Å². The number of aliphatic hydroxyl groups excluding tert-OH is 1. The van der Waals surface area contributed by atoms with E-state index < -0.39 is 11.9 Å². The molecule has 4 aromatic rings. The lowest BCUT2D eigenvalue weighted by Gasteiger charge is -2.14. The molecule has 2 aromatic heterocycles. The Bertz CT molecular complexity index is 1550. The molecule has 0 saturated heterocycles. The molecule has 0 aliphatic carbocycles. The Balaban J connectivity index is 0.00000353. The number of fused-ring (bicyclic) bond motifs is 2. The molecule has 39 heavy (non-hydrogen) atoms. The van der Waals surface area contributed by atoms with Crippen LogP contribution in [0.1, 0.15) is 61.3 Å². The minimum absolute atomic E-state index is 0. The van der Waals surface area contributed by atoms with Gasteiger partial charge in [-0.05, 0) is 44.9 Å². The predicted molar refractivity (Wildman–Crippen MR) is 150 cm³/mol. The molecule has 0 fully saturated rings. The lowest BCUT2D eigenvalue weighted by Crippen LogP contribution is -2.38. The number of carbonyl (C=O) groups is 1. The number of amides is 1. The van der Waals surface area contributed by atoms with Crippen LogP contribution < -0.4 is 15.3 Å². The summed E-state index contributed by atoms with van der Waals surface area (Å²) < 4.78 is 2.07. The number of benzene rings is 2. The summed E-state index contributed by atoms with van der Waals surface area (Å²) >= 11 is 0. The van der Waals surface area contributed by atoms with E-state index in [2.05, 4.69) is 55.3 Å². The molecule has 11 heteroatoms. The van der Waals surface area contributed by atoms with Gasteiger partial charge in [-0.2, -0.15) is 10.1 Å². The lowest BCUT2D eigenvalue weighted by molar-refractivity contribution is -0.745. The highest BCUT2D eigenvalue weighted by Gasteiger charge is 2.26. The molecule has 5 rings (SSSR count). The Morgan fingerprint density at radius 2 is 2.03 bits per heavy atom. The number of aromatic nitrogens is 4. The van der Waals surface area contributed by atoms with Crippen LogP contribution in [-0.4, -0.2) is 54.8 Å². The van der Waals surface area contributed by atoms with Crippen LogP contribution in [-0.2, 0) is 6.54 Å². The topological polar surface area (TPSA) is 143 Å². The van der Waals surface area contributed by atoms with Crippen LogP contribution in [0.5, 0.6) is 0 Å². The standard InChI is InChI=1S/C27H30N8O3.CH4/c1-15(2)35-23-10-22(16(3)9-19(23)11-29-35)31-27-28-12-21(26(37)30-17(4)14-36)24(33-27)32-25-20-8-6-5-7-18(20)13-34(25)38;/h5-12,15,17,36,38H,13-14H2,1-4H3,(H2,28,29,30,31,33,37);1H4/p+1/t17-;/m1./s1. The van der Waals surface area contributed by atoms with Crippen molar-refractivity contribution in [3.05, 3.63) is 71.0 Å². The van der Waals surface area contributed by atoms with Crippen molar-refractivity contribution in [2.45, 2.75) is 53.8 Å². The first-order valence-electron chi connectivity index (χ1n) is 12.5. The second-order valence-corrected chi connectivity index (χ2v) is 9.73. The largest absolute Gasteiger partial charge is 0.394 e. The van der Waals surface area contributed by atoms with Crippen molar-refractivity contribution < 1.29 is 19.8 Å². The average Bonchev–Trinajstić information content (AvgIpc) is 3.44. The number of rotatable bonds is 7. The van der Waals surface area contributed by atoms with Crippen molar-refractivity contribution in [3.63, 3.8) is 0 Å². The van der Waals surface area contributed by atoms with E-state index in [1.165, 1.54) is 6.20 Å². The lowest BCUT2D eigenvalue weighted by atomic mass is 10.1. The number of aromatic amines is 1. The van der Waals surface area contributed by atoms with Gasteiger partial charge in [-0.15, -0.1) is 4.68 Å². The minimum Gasteiger partial charge on any atom is -0.394 e. The van der Waals surface area contributed by atoms with Gasteiger partial charge in [0.2, 0.25) is 11.5 Å². The number of nitrogens with one attached hydrogen (secondary N) is 3. The van der Waals surface area contributed by atoms with Crippen molar-refractivity contribution in [1.82, 2.24) is 25.4 Å². The second-order valence-electron chi connectivity index (χ2n) is 9.73. The van der Waals surface area contributed by atoms with Crippen LogP contribution in [0.4, 0.5) is 17.5 Å². The predicted octanol–water partition coefficient (Wildman–Crippen LogP) is 3.91. The Labute approximate surface area is 227 Å². The van der Waals surface area contributed by atoms with Crippen LogP contribution >= 0.6 is 0 Å². The van der Waals surface area contributed by atoms with Crippen LogP contribution in [0.2, 0.25) is 0 Å². The smallest absolute Gasteiger partial charge is 0.256 e. The molecule has 1 aliphatic rings. The van der Waals surface area contributed by atoms with E-state index in [4.69, 9.17) is 0 Å². The number of carbonyl (C=O) groups excluding carboxylic acids is 1. The first-order valence-corrected chi connectivity index (χ1v) is 12.5. The number of nitrogens with zero attached hydrogens (tertiary/aromatic N) is 5. The molecule has 0 bridgehead atoms. The number of aliphatic hydroxyl groups is 1. The minimum atomic E-state index is -0.476. The van der Waals surface area contributed by atoms with E-state index in [0.29, 0.717) is 0 Å². The molecule has 0 radical (unpaired) electrons. The van der Waals surface area contributed by atoms with E-state index in [1.54, 1.807) is 6.92 Å². The number of amidine groups is 1. The summed E-state index contributed by atoms with van der Waals surface area (Å²) in [5.74, 6) is 0.156. The van der Waals surface area contributed by atoms with Crippen molar-refractivity contribution in [1.29, 1.82) is 0 Å². The summed E-state index contributed by atoms with van der Waals surface area (Å²) in [5.41, 5.74) is 4.62. The summed E-state index contributed by atoms with van der Waals surface area (Å²) in [4.78, 5) is 26.6. The number of aryl methyl sites for hydroxylation is 1. The fourth-order valence-corrected chi connectivity index (χ4v) is 4.43. The monoisotopic (exact) mass is 531 g/mol. The molecular formula is C28H35N8O3+. The molecule has 3 heterocycles. The Morgan fingerprint density at radius 3 is 2.77 bits per heavy atom. The molecule has 204 valence electrons. The van der Waals surface area contributed by atoms with Gasteiger partial charge in [-0.1, -0.05) is 31.7 Å². The molecule has 0 saturated carbocycles. The van der Waals surface area contributed by atoms with Gasteiger partial charge in [0.1, 0.15) is 5.56 Å². The molecule has 1 aliphatic heterocycles. The zero-order chi connectivity index (χ0) is 27.0. The molecule has 1 amide bonds. The highest BCUT2D eigenvalue weighted by Crippen LogP contribution is 2.28. The van der Waals surface area contributed by atoms with Crippen molar-refractivity contribution in [2.75, 3.05) is 11.9 Å². The summed E-state index contributed by atoms with van der Waals surface area (Å²) in [6, 6.07) is 11.4. The molecular weight excluding hydrogens is 496 g/mol. The Hall–Kier alpha value is -4.35. The molecule has 1 atom stereocenters. The van der Waals surface area contributed by atoms with Gasteiger partial charge in [0.25, 0.3) is 5.91 Å². The number of hydrogen-bond donors (Lipinski definition) is 5. The third kappa shape index (κ3) is 5.45. The first-order chi connectivity index (χ1) is 18.2. The maximum absolute atomic E-state index is 13.0. The van der Waals surface area contributed by atoms with Crippen LogP contribution in [0.3, 0.4) is 0 Å². The summed E-state index contributed by atoms with van der Waals surface area (Å²) in [6.45, 7) is 7.94. The summed E-state index contributed by atoms with van der Waals surface area (Å²) in [7, 11) is 0.